The van der Waals surface area contributed by atoms with E-state index in [0.29, 0.717) is 5.57 Å². The van der Waals surface area contributed by atoms with E-state index in [-0.39, 0.29) is 12.2 Å². The van der Waals surface area contributed by atoms with Crippen LogP contribution in [0.5, 0.6) is 0 Å². The van der Waals surface area contributed by atoms with Crippen molar-refractivity contribution in [3.8, 4) is 0 Å². The van der Waals surface area contributed by atoms with E-state index in [1.165, 1.54) is 0 Å². The Hall–Kier alpha value is -3.61. The first-order valence-electron chi connectivity index (χ1n) is 17.7. The summed E-state index contributed by atoms with van der Waals surface area (Å²) in [5.74, 6) is -2.07. The largest absolute Gasteiger partial charge is 0.463 e. The highest BCUT2D eigenvalue weighted by molar-refractivity contribution is 6.01. The first-order chi connectivity index (χ1) is 25.4. The van der Waals surface area contributed by atoms with Gasteiger partial charge in [-0.3, -0.25) is 14.4 Å². The van der Waals surface area contributed by atoms with E-state index >= 15 is 0 Å². The molecule has 0 bridgehead atoms. The summed E-state index contributed by atoms with van der Waals surface area (Å²) in [6.07, 6.45) is -1.88. The Labute approximate surface area is 314 Å². The van der Waals surface area contributed by atoms with Crippen LogP contribution in [0.15, 0.2) is 83.6 Å². The lowest BCUT2D eigenvalue weighted by atomic mass is 9.71. The summed E-state index contributed by atoms with van der Waals surface area (Å²) in [5.41, 5.74) is 2.76. The van der Waals surface area contributed by atoms with Gasteiger partial charge in [-0.05, 0) is 37.3 Å². The van der Waals surface area contributed by atoms with Crippen LogP contribution in [0.25, 0.3) is 0 Å². The Balaban J connectivity index is 1.56. The van der Waals surface area contributed by atoms with Crippen LogP contribution >= 0.6 is 0 Å². The second kappa shape index (κ2) is 20.3. The van der Waals surface area contributed by atoms with E-state index < -0.39 is 111 Å². The zero-order chi connectivity index (χ0) is 40.3. The van der Waals surface area contributed by atoms with Crippen molar-refractivity contribution < 1.29 is 73.8 Å². The van der Waals surface area contributed by atoms with E-state index in [9.17, 15) is 50.1 Å². The van der Waals surface area contributed by atoms with Gasteiger partial charge in [0.1, 0.15) is 55.4 Å². The molecule has 0 aromatic heterocycles. The van der Waals surface area contributed by atoms with Gasteiger partial charge >= 0.3 is 11.9 Å². The summed E-state index contributed by atoms with van der Waals surface area (Å²) in [5, 5.41) is 70.7. The summed E-state index contributed by atoms with van der Waals surface area (Å²) >= 11 is 0. The van der Waals surface area contributed by atoms with Gasteiger partial charge in [-0.1, -0.05) is 86.3 Å². The number of esters is 2. The molecule has 2 heterocycles. The van der Waals surface area contributed by atoms with Crippen molar-refractivity contribution in [3.05, 3.63) is 83.6 Å². The van der Waals surface area contributed by atoms with Crippen molar-refractivity contribution in [2.24, 2.45) is 5.41 Å². The van der Waals surface area contributed by atoms with E-state index in [0.717, 1.165) is 16.7 Å². The standard InChI is InChI=1S/C39H54O15/c1-7-8-9-11-21(2)12-10-13-22(3)14-15-24-23(4)30(43)25(18-39(24,5)6)51-29(42)17-16-28(41)50-20-27-36(33(46)34(47)37(49)52-27)54-38-35(48)32(45)31(44)26(19-40)53-38/h7-15,25-27,31-38,40,44-49H,1,16-20H2,2-6H3. The van der Waals surface area contributed by atoms with Crippen molar-refractivity contribution in [2.75, 3.05) is 13.2 Å². The number of ketones is 1. The quantitative estimate of drug-likeness (QED) is 0.0907. The number of allylic oxidation sites excluding steroid dienone is 12. The van der Waals surface area contributed by atoms with Crippen LogP contribution in [0.1, 0.15) is 53.9 Å². The van der Waals surface area contributed by atoms with Crippen LogP contribution in [0.4, 0.5) is 0 Å². The molecule has 0 spiro atoms. The maximum atomic E-state index is 13.3. The number of hydrogen-bond acceptors (Lipinski definition) is 15. The molecule has 15 nitrogen and oxygen atoms in total. The second-order valence-electron chi connectivity index (χ2n) is 14.1. The van der Waals surface area contributed by atoms with Crippen LogP contribution in [-0.4, -0.2) is 134 Å². The molecule has 15 heteroatoms. The molecule has 3 aliphatic rings. The van der Waals surface area contributed by atoms with Gasteiger partial charge in [-0.25, -0.2) is 0 Å². The lowest BCUT2D eigenvalue weighted by molar-refractivity contribution is -0.355. The number of ether oxygens (including phenoxy) is 5. The average Bonchev–Trinajstić information content (AvgIpc) is 3.12. The van der Waals surface area contributed by atoms with Crippen molar-refractivity contribution in [1.29, 1.82) is 0 Å². The highest BCUT2D eigenvalue weighted by Gasteiger charge is 2.50. The monoisotopic (exact) mass is 762 g/mol. The minimum absolute atomic E-state index is 0.218. The molecule has 2 fully saturated rings. The molecule has 54 heavy (non-hydrogen) atoms. The fourth-order valence-corrected chi connectivity index (χ4v) is 6.18. The van der Waals surface area contributed by atoms with Crippen molar-refractivity contribution in [1.82, 2.24) is 0 Å². The van der Waals surface area contributed by atoms with E-state index in [4.69, 9.17) is 23.7 Å². The van der Waals surface area contributed by atoms with E-state index in [1.807, 2.05) is 76.3 Å². The molecule has 3 rings (SSSR count). The van der Waals surface area contributed by atoms with Gasteiger partial charge in [0.2, 0.25) is 0 Å². The van der Waals surface area contributed by atoms with Gasteiger partial charge in [0.05, 0.1) is 19.4 Å². The Morgan fingerprint density at radius 2 is 1.50 bits per heavy atom. The summed E-state index contributed by atoms with van der Waals surface area (Å²) in [4.78, 5) is 38.6. The molecule has 0 saturated carbocycles. The maximum Gasteiger partial charge on any atom is 0.307 e. The topological polar surface area (TPSA) is 239 Å². The number of Topliss-reactive ketones (excluding diaryl/α,β-unsaturated/α-hetero) is 1. The van der Waals surface area contributed by atoms with Crippen LogP contribution in [0, 0.1) is 5.41 Å². The zero-order valence-corrected chi connectivity index (χ0v) is 31.2. The van der Waals surface area contributed by atoms with Gasteiger partial charge in [-0.15, -0.1) is 0 Å². The van der Waals surface area contributed by atoms with Crippen molar-refractivity contribution in [3.63, 3.8) is 0 Å². The van der Waals surface area contributed by atoms with Crippen LogP contribution in [0.2, 0.25) is 0 Å². The minimum atomic E-state index is -1.93. The Morgan fingerprint density at radius 1 is 0.852 bits per heavy atom. The number of carbonyl (C=O) groups is 3. The van der Waals surface area contributed by atoms with Crippen LogP contribution in [0.3, 0.4) is 0 Å². The van der Waals surface area contributed by atoms with Crippen molar-refractivity contribution in [2.45, 2.75) is 121 Å². The Morgan fingerprint density at radius 3 is 2.17 bits per heavy atom. The van der Waals surface area contributed by atoms with Gasteiger partial charge in [0, 0.05) is 6.42 Å². The molecule has 7 N–H and O–H groups in total. The molecule has 0 aromatic rings. The Kier molecular flexibility index (Phi) is 16.9. The molecule has 0 radical (unpaired) electrons. The minimum Gasteiger partial charge on any atom is -0.463 e. The lowest BCUT2D eigenvalue weighted by Crippen LogP contribution is -2.64. The van der Waals surface area contributed by atoms with E-state index in [1.54, 1.807) is 13.0 Å². The predicted molar refractivity (Wildman–Crippen MR) is 193 cm³/mol. The van der Waals surface area contributed by atoms with E-state index in [2.05, 4.69) is 6.58 Å². The van der Waals surface area contributed by atoms with Gasteiger partial charge in [-0.2, -0.15) is 0 Å². The molecule has 2 aliphatic heterocycles. The number of hydrogen-bond donors (Lipinski definition) is 7. The van der Waals surface area contributed by atoms with Gasteiger partial charge in [0.25, 0.3) is 0 Å². The third-order valence-corrected chi connectivity index (χ3v) is 9.34. The van der Waals surface area contributed by atoms with Gasteiger partial charge < -0.3 is 59.4 Å². The van der Waals surface area contributed by atoms with Gasteiger partial charge in [0.15, 0.2) is 24.5 Å². The number of aliphatic hydroxyl groups is 7. The molecule has 11 unspecified atom stereocenters. The van der Waals surface area contributed by atoms with Crippen LogP contribution in [-0.2, 0) is 38.1 Å². The molecular weight excluding hydrogens is 708 g/mol. The second-order valence-corrected chi connectivity index (χ2v) is 14.1. The lowest BCUT2D eigenvalue weighted by Gasteiger charge is -2.45. The summed E-state index contributed by atoms with van der Waals surface area (Å²) in [7, 11) is 0. The number of carbonyl (C=O) groups excluding carboxylic acids is 3. The summed E-state index contributed by atoms with van der Waals surface area (Å²) in [6.45, 7) is 11.7. The predicted octanol–water partition coefficient (Wildman–Crippen LogP) is 0.908. The van der Waals surface area contributed by atoms with Crippen molar-refractivity contribution >= 4 is 17.7 Å². The normalized spacial score (nSPS) is 33.9. The zero-order valence-electron chi connectivity index (χ0n) is 31.2. The molecular formula is C39H54O15. The molecule has 1 aliphatic carbocycles. The van der Waals surface area contributed by atoms with Crippen LogP contribution < -0.4 is 0 Å². The highest BCUT2D eigenvalue weighted by Crippen LogP contribution is 2.41. The fourth-order valence-electron chi connectivity index (χ4n) is 6.18. The smallest absolute Gasteiger partial charge is 0.307 e. The number of aliphatic hydroxyl groups excluding tert-OH is 7. The first kappa shape index (κ1) is 44.8. The third-order valence-electron chi connectivity index (χ3n) is 9.34. The average molecular weight is 763 g/mol. The molecule has 11 atom stereocenters. The summed E-state index contributed by atoms with van der Waals surface area (Å²) < 4.78 is 26.8. The Bertz CT molecular complexity index is 1520. The fraction of sp³-hybridized carbons (Fsp3) is 0.564. The molecule has 2 saturated heterocycles. The SMILES string of the molecule is C=CC=CC=C(C)C=CC=C(C)C=CC1=C(C)C(=O)C(OC(=O)CCC(=O)OCC2OC(O)C(O)C(O)C2OC2OC(CO)C(O)C(O)C2O)CC1(C)C. The highest BCUT2D eigenvalue weighted by atomic mass is 16.7. The molecule has 0 amide bonds. The first-order valence-corrected chi connectivity index (χ1v) is 17.7. The number of rotatable bonds is 15. The maximum absolute atomic E-state index is 13.3. The molecule has 300 valence electrons. The molecule has 0 aromatic carbocycles. The third kappa shape index (κ3) is 11.9. The summed E-state index contributed by atoms with van der Waals surface area (Å²) in [6, 6.07) is 0.